The van der Waals surface area contributed by atoms with Crippen molar-refractivity contribution in [2.45, 2.75) is 39.0 Å². The standard InChI is InChI=1S/C20H27N3O3/c1-2-15-7-3-4-8-17(15)23-14-16(13-19(23)25)20(26)21-10-6-12-22-11-5-9-18(22)24/h3-4,7-8,16H,2,5-6,9-14H2,1H3,(H,21,26). The van der Waals surface area contributed by atoms with Crippen LogP contribution in [0.25, 0.3) is 0 Å². The molecule has 140 valence electrons. The van der Waals surface area contributed by atoms with Gasteiger partial charge in [0.05, 0.1) is 5.92 Å². The monoisotopic (exact) mass is 357 g/mol. The number of nitrogens with one attached hydrogen (secondary N) is 1. The van der Waals surface area contributed by atoms with Crippen LogP contribution in [-0.2, 0) is 20.8 Å². The molecule has 1 aromatic carbocycles. The topological polar surface area (TPSA) is 69.7 Å². The van der Waals surface area contributed by atoms with E-state index in [0.29, 0.717) is 26.1 Å². The van der Waals surface area contributed by atoms with Crippen molar-refractivity contribution in [2.75, 3.05) is 31.1 Å². The normalized spacial score (nSPS) is 20.1. The van der Waals surface area contributed by atoms with Crippen LogP contribution in [-0.4, -0.2) is 48.8 Å². The van der Waals surface area contributed by atoms with Gasteiger partial charge in [-0.25, -0.2) is 0 Å². The number of nitrogens with zero attached hydrogens (tertiary/aromatic N) is 2. The Kier molecular flexibility index (Phi) is 5.91. The second-order valence-corrected chi connectivity index (χ2v) is 7.02. The second-order valence-electron chi connectivity index (χ2n) is 7.02. The lowest BCUT2D eigenvalue weighted by Gasteiger charge is -2.20. The molecule has 0 aromatic heterocycles. The van der Waals surface area contributed by atoms with Crippen molar-refractivity contribution in [1.82, 2.24) is 10.2 Å². The molecule has 6 nitrogen and oxygen atoms in total. The lowest BCUT2D eigenvalue weighted by atomic mass is 10.1. The quantitative estimate of drug-likeness (QED) is 0.756. The van der Waals surface area contributed by atoms with Crippen LogP contribution in [0.1, 0.15) is 38.2 Å². The molecule has 2 saturated heterocycles. The number of likely N-dealkylation sites (tertiary alicyclic amines) is 1. The molecular weight excluding hydrogens is 330 g/mol. The molecular formula is C20H27N3O3. The second kappa shape index (κ2) is 8.34. The van der Waals surface area contributed by atoms with Crippen molar-refractivity contribution in [1.29, 1.82) is 0 Å². The van der Waals surface area contributed by atoms with Crippen LogP contribution in [0, 0.1) is 5.92 Å². The Morgan fingerprint density at radius 1 is 1.23 bits per heavy atom. The maximum Gasteiger partial charge on any atom is 0.227 e. The molecule has 0 bridgehead atoms. The number of benzene rings is 1. The van der Waals surface area contributed by atoms with Crippen LogP contribution in [0.15, 0.2) is 24.3 Å². The van der Waals surface area contributed by atoms with E-state index in [1.54, 1.807) is 4.90 Å². The number of carbonyl (C=O) groups is 3. The third-order valence-electron chi connectivity index (χ3n) is 5.23. The molecule has 0 radical (unpaired) electrons. The van der Waals surface area contributed by atoms with Crippen LogP contribution in [0.4, 0.5) is 5.69 Å². The summed E-state index contributed by atoms with van der Waals surface area (Å²) in [7, 11) is 0. The highest BCUT2D eigenvalue weighted by atomic mass is 16.2. The zero-order valence-corrected chi connectivity index (χ0v) is 15.4. The van der Waals surface area contributed by atoms with Gasteiger partial charge in [-0.2, -0.15) is 0 Å². The molecule has 6 heteroatoms. The number of rotatable bonds is 7. The molecule has 0 spiro atoms. The lowest BCUT2D eigenvalue weighted by Crippen LogP contribution is -2.35. The number of carbonyl (C=O) groups excluding carboxylic acids is 3. The van der Waals surface area contributed by atoms with Crippen molar-refractivity contribution < 1.29 is 14.4 Å². The summed E-state index contributed by atoms with van der Waals surface area (Å²) in [5, 5.41) is 2.93. The first-order chi connectivity index (χ1) is 12.6. The van der Waals surface area contributed by atoms with Gasteiger partial charge in [0.25, 0.3) is 0 Å². The first kappa shape index (κ1) is 18.4. The summed E-state index contributed by atoms with van der Waals surface area (Å²) in [5.41, 5.74) is 2.04. The van der Waals surface area contributed by atoms with Crippen molar-refractivity contribution in [3.63, 3.8) is 0 Å². The highest BCUT2D eigenvalue weighted by molar-refractivity contribution is 6.00. The molecule has 26 heavy (non-hydrogen) atoms. The van der Waals surface area contributed by atoms with E-state index in [1.165, 1.54) is 0 Å². The SMILES string of the molecule is CCc1ccccc1N1CC(C(=O)NCCCN2CCCC2=O)CC1=O. The van der Waals surface area contributed by atoms with Gasteiger partial charge in [-0.3, -0.25) is 14.4 Å². The average Bonchev–Trinajstić information content (AvgIpc) is 3.24. The van der Waals surface area contributed by atoms with Crippen LogP contribution in [0.5, 0.6) is 0 Å². The molecule has 2 aliphatic heterocycles. The number of anilines is 1. The number of para-hydroxylation sites is 1. The van der Waals surface area contributed by atoms with Gasteiger partial charge in [0.15, 0.2) is 0 Å². The summed E-state index contributed by atoms with van der Waals surface area (Å²) in [5.74, 6) is -0.153. The van der Waals surface area contributed by atoms with Gasteiger partial charge in [-0.05, 0) is 30.9 Å². The highest BCUT2D eigenvalue weighted by Crippen LogP contribution is 2.28. The summed E-state index contributed by atoms with van der Waals surface area (Å²) >= 11 is 0. The predicted molar refractivity (Wildman–Crippen MR) is 99.7 cm³/mol. The molecule has 0 saturated carbocycles. The maximum absolute atomic E-state index is 12.4. The van der Waals surface area contributed by atoms with E-state index in [-0.39, 0.29) is 30.1 Å². The van der Waals surface area contributed by atoms with E-state index >= 15 is 0 Å². The third kappa shape index (κ3) is 4.06. The molecule has 1 unspecified atom stereocenters. The molecule has 2 aliphatic rings. The van der Waals surface area contributed by atoms with Crippen LogP contribution in [0.3, 0.4) is 0 Å². The van der Waals surface area contributed by atoms with Crippen molar-refractivity contribution in [3.05, 3.63) is 29.8 Å². The fraction of sp³-hybridized carbons (Fsp3) is 0.550. The number of amides is 3. The molecule has 3 amide bonds. The summed E-state index contributed by atoms with van der Waals surface area (Å²) < 4.78 is 0. The summed E-state index contributed by atoms with van der Waals surface area (Å²) in [4.78, 5) is 40.0. The van der Waals surface area contributed by atoms with E-state index in [4.69, 9.17) is 0 Å². The van der Waals surface area contributed by atoms with Crippen molar-refractivity contribution in [3.8, 4) is 0 Å². The molecule has 1 aromatic rings. The Labute approximate surface area is 154 Å². The van der Waals surface area contributed by atoms with Crippen LogP contribution in [0.2, 0.25) is 0 Å². The Bertz CT molecular complexity index is 689. The van der Waals surface area contributed by atoms with Gasteiger partial charge < -0.3 is 15.1 Å². The Balaban J connectivity index is 1.48. The highest BCUT2D eigenvalue weighted by Gasteiger charge is 2.35. The van der Waals surface area contributed by atoms with Gasteiger partial charge >= 0.3 is 0 Å². The number of hydrogen-bond acceptors (Lipinski definition) is 3. The summed E-state index contributed by atoms with van der Waals surface area (Å²) in [6.45, 7) is 4.56. The summed E-state index contributed by atoms with van der Waals surface area (Å²) in [6.07, 6.45) is 3.44. The Hall–Kier alpha value is -2.37. The smallest absolute Gasteiger partial charge is 0.227 e. The molecule has 0 aliphatic carbocycles. The fourth-order valence-electron chi connectivity index (χ4n) is 3.76. The van der Waals surface area contributed by atoms with E-state index in [9.17, 15) is 14.4 Å². The summed E-state index contributed by atoms with van der Waals surface area (Å²) in [6, 6.07) is 7.87. The number of aryl methyl sites for hydroxylation is 1. The Morgan fingerprint density at radius 3 is 2.77 bits per heavy atom. The van der Waals surface area contributed by atoms with Crippen molar-refractivity contribution >= 4 is 23.4 Å². The fourth-order valence-corrected chi connectivity index (χ4v) is 3.76. The first-order valence-corrected chi connectivity index (χ1v) is 9.54. The zero-order chi connectivity index (χ0) is 18.5. The molecule has 1 atom stereocenters. The molecule has 2 fully saturated rings. The zero-order valence-electron chi connectivity index (χ0n) is 15.4. The molecule has 2 heterocycles. The first-order valence-electron chi connectivity index (χ1n) is 9.54. The van der Waals surface area contributed by atoms with Gasteiger partial charge in [0.2, 0.25) is 17.7 Å². The average molecular weight is 357 g/mol. The molecule has 1 N–H and O–H groups in total. The van der Waals surface area contributed by atoms with Gasteiger partial charge in [0, 0.05) is 44.7 Å². The van der Waals surface area contributed by atoms with Crippen LogP contribution < -0.4 is 10.2 Å². The van der Waals surface area contributed by atoms with Crippen molar-refractivity contribution in [2.24, 2.45) is 5.92 Å². The minimum absolute atomic E-state index is 0.00807. The Morgan fingerprint density at radius 2 is 2.04 bits per heavy atom. The van der Waals surface area contributed by atoms with E-state index in [2.05, 4.69) is 12.2 Å². The van der Waals surface area contributed by atoms with Gasteiger partial charge in [-0.1, -0.05) is 25.1 Å². The largest absolute Gasteiger partial charge is 0.356 e. The van der Waals surface area contributed by atoms with Gasteiger partial charge in [-0.15, -0.1) is 0 Å². The number of hydrogen-bond donors (Lipinski definition) is 1. The maximum atomic E-state index is 12.4. The third-order valence-corrected chi connectivity index (χ3v) is 5.23. The van der Waals surface area contributed by atoms with E-state index < -0.39 is 0 Å². The minimum Gasteiger partial charge on any atom is -0.356 e. The molecule has 3 rings (SSSR count). The van der Waals surface area contributed by atoms with Crippen LogP contribution >= 0.6 is 0 Å². The van der Waals surface area contributed by atoms with E-state index in [0.717, 1.165) is 37.1 Å². The van der Waals surface area contributed by atoms with Gasteiger partial charge in [0.1, 0.15) is 0 Å². The minimum atomic E-state index is -0.305. The lowest BCUT2D eigenvalue weighted by molar-refractivity contribution is -0.127. The predicted octanol–water partition coefficient (Wildman–Crippen LogP) is 1.73. The van der Waals surface area contributed by atoms with E-state index in [1.807, 2.05) is 29.2 Å².